The minimum atomic E-state index is -3.94. The maximum absolute atomic E-state index is 13.8. The zero-order valence-electron chi connectivity index (χ0n) is 24.8. The van der Waals surface area contributed by atoms with Crippen molar-refractivity contribution in [2.45, 2.75) is 31.3 Å². The number of hydrogen-bond acceptors (Lipinski definition) is 4. The third-order valence-corrected chi connectivity index (χ3v) is 9.39. The molecular formula is C36H32ClN3O4S. The summed E-state index contributed by atoms with van der Waals surface area (Å²) in [5.74, 6) is -0.717. The van der Waals surface area contributed by atoms with E-state index in [1.165, 1.54) is 4.31 Å². The second kappa shape index (κ2) is 13.8. The number of sulfonamides is 1. The van der Waals surface area contributed by atoms with Gasteiger partial charge in [-0.1, -0.05) is 90.5 Å². The van der Waals surface area contributed by atoms with Crippen LogP contribution in [0.25, 0.3) is 0 Å². The molecule has 5 aromatic rings. The average Bonchev–Trinajstić information content (AvgIpc) is 3.06. The molecule has 228 valence electrons. The Morgan fingerprint density at radius 1 is 0.778 bits per heavy atom. The minimum absolute atomic E-state index is 0.0168. The summed E-state index contributed by atoms with van der Waals surface area (Å²) in [4.78, 5) is 26.5. The van der Waals surface area contributed by atoms with Gasteiger partial charge in [-0.05, 0) is 79.1 Å². The highest BCUT2D eigenvalue weighted by atomic mass is 35.5. The van der Waals surface area contributed by atoms with Crippen molar-refractivity contribution < 1.29 is 18.0 Å². The highest BCUT2D eigenvalue weighted by Gasteiger charge is 2.27. The van der Waals surface area contributed by atoms with Gasteiger partial charge < -0.3 is 10.6 Å². The first-order chi connectivity index (χ1) is 21.6. The van der Waals surface area contributed by atoms with Crippen molar-refractivity contribution in [1.29, 1.82) is 0 Å². The summed E-state index contributed by atoms with van der Waals surface area (Å²) in [5, 5.41) is 6.25. The summed E-state index contributed by atoms with van der Waals surface area (Å²) in [5.41, 5.74) is 3.90. The Labute approximate surface area is 268 Å². The molecule has 1 atom stereocenters. The highest BCUT2D eigenvalue weighted by Crippen LogP contribution is 2.31. The van der Waals surface area contributed by atoms with E-state index in [1.807, 2.05) is 44.2 Å². The standard InChI is InChI=1S/C36H32ClN3O4S/c1-25-17-22-30(37)23-34(25)40(45(43,44)31-13-7-4-8-14-31)24-27-18-20-29(21-19-27)35(41)39-33-16-10-9-15-32(33)36(42)38-26(2)28-11-5-3-6-12-28/h3-23,26H,24H2,1-2H3,(H,38,42)(H,39,41)/t26-/m0/s1. The van der Waals surface area contributed by atoms with Crippen LogP contribution in [-0.2, 0) is 16.6 Å². The molecule has 2 amide bonds. The van der Waals surface area contributed by atoms with E-state index >= 15 is 0 Å². The first kappa shape index (κ1) is 31.5. The number of carbonyl (C=O) groups is 2. The Bertz CT molecular complexity index is 1920. The van der Waals surface area contributed by atoms with Gasteiger partial charge in [0, 0.05) is 10.6 Å². The van der Waals surface area contributed by atoms with Crippen molar-refractivity contribution in [3.63, 3.8) is 0 Å². The Balaban J connectivity index is 1.35. The molecule has 0 saturated heterocycles. The van der Waals surface area contributed by atoms with Gasteiger partial charge in [0.1, 0.15) is 0 Å². The van der Waals surface area contributed by atoms with Gasteiger partial charge >= 0.3 is 0 Å². The SMILES string of the molecule is Cc1ccc(Cl)cc1N(Cc1ccc(C(=O)Nc2ccccc2C(=O)N[C@@H](C)c2ccccc2)cc1)S(=O)(=O)c1ccccc1. The van der Waals surface area contributed by atoms with Crippen LogP contribution >= 0.6 is 11.6 Å². The second-order valence-corrected chi connectivity index (χ2v) is 12.9. The second-order valence-electron chi connectivity index (χ2n) is 10.6. The zero-order chi connectivity index (χ0) is 32.0. The fraction of sp³-hybridized carbons (Fsp3) is 0.111. The number of aryl methyl sites for hydroxylation is 1. The van der Waals surface area contributed by atoms with Crippen LogP contribution in [0.1, 0.15) is 50.4 Å². The molecule has 0 aliphatic rings. The predicted octanol–water partition coefficient (Wildman–Crippen LogP) is 7.79. The van der Waals surface area contributed by atoms with Crippen LogP contribution in [0.4, 0.5) is 11.4 Å². The van der Waals surface area contributed by atoms with E-state index in [1.54, 1.807) is 97.1 Å². The summed E-state index contributed by atoms with van der Waals surface area (Å²) >= 11 is 6.27. The van der Waals surface area contributed by atoms with Crippen molar-refractivity contribution in [1.82, 2.24) is 5.32 Å². The molecule has 0 aliphatic heterocycles. The summed E-state index contributed by atoms with van der Waals surface area (Å²) in [6, 6.07) is 36.2. The molecule has 5 rings (SSSR count). The number of hydrogen-bond donors (Lipinski definition) is 2. The van der Waals surface area contributed by atoms with Gasteiger partial charge in [-0.2, -0.15) is 0 Å². The number of amides is 2. The van der Waals surface area contributed by atoms with Gasteiger partial charge in [0.15, 0.2) is 0 Å². The first-order valence-electron chi connectivity index (χ1n) is 14.3. The van der Waals surface area contributed by atoms with Crippen molar-refractivity contribution in [3.8, 4) is 0 Å². The van der Waals surface area contributed by atoms with Gasteiger partial charge in [0.05, 0.1) is 34.4 Å². The number of nitrogens with zero attached hydrogens (tertiary/aromatic N) is 1. The maximum Gasteiger partial charge on any atom is 0.264 e. The van der Waals surface area contributed by atoms with Crippen molar-refractivity contribution >= 4 is 44.8 Å². The summed E-state index contributed by atoms with van der Waals surface area (Å²) in [6.07, 6.45) is 0. The molecular weight excluding hydrogens is 606 g/mol. The largest absolute Gasteiger partial charge is 0.345 e. The first-order valence-corrected chi connectivity index (χ1v) is 16.1. The molecule has 7 nitrogen and oxygen atoms in total. The Morgan fingerprint density at radius 3 is 2.09 bits per heavy atom. The Hall–Kier alpha value is -4.92. The third-order valence-electron chi connectivity index (χ3n) is 7.38. The van der Waals surface area contributed by atoms with E-state index in [0.29, 0.717) is 33.1 Å². The third kappa shape index (κ3) is 7.42. The van der Waals surface area contributed by atoms with Crippen LogP contribution < -0.4 is 14.9 Å². The number of rotatable bonds is 10. The predicted molar refractivity (Wildman–Crippen MR) is 179 cm³/mol. The van der Waals surface area contributed by atoms with E-state index in [0.717, 1.165) is 11.1 Å². The van der Waals surface area contributed by atoms with E-state index in [-0.39, 0.29) is 23.4 Å². The minimum Gasteiger partial charge on any atom is -0.345 e. The van der Waals surface area contributed by atoms with Gasteiger partial charge in [0.2, 0.25) is 0 Å². The lowest BCUT2D eigenvalue weighted by molar-refractivity contribution is 0.0940. The molecule has 2 N–H and O–H groups in total. The van der Waals surface area contributed by atoms with Crippen molar-refractivity contribution in [2.24, 2.45) is 0 Å². The molecule has 9 heteroatoms. The van der Waals surface area contributed by atoms with Crippen LogP contribution in [0.5, 0.6) is 0 Å². The van der Waals surface area contributed by atoms with E-state index < -0.39 is 15.9 Å². The van der Waals surface area contributed by atoms with Gasteiger partial charge in [-0.3, -0.25) is 13.9 Å². The molecule has 0 aliphatic carbocycles. The average molecular weight is 638 g/mol. The molecule has 0 aromatic heterocycles. The van der Waals surface area contributed by atoms with Crippen LogP contribution in [0.2, 0.25) is 5.02 Å². The molecule has 0 bridgehead atoms. The quantitative estimate of drug-likeness (QED) is 0.163. The Morgan fingerprint density at radius 2 is 1.40 bits per heavy atom. The van der Waals surface area contributed by atoms with Gasteiger partial charge in [0.25, 0.3) is 21.8 Å². The molecule has 5 aromatic carbocycles. The molecule has 0 saturated carbocycles. The number of benzene rings is 5. The number of halogens is 1. The topological polar surface area (TPSA) is 95.6 Å². The maximum atomic E-state index is 13.8. The zero-order valence-corrected chi connectivity index (χ0v) is 26.3. The number of nitrogens with one attached hydrogen (secondary N) is 2. The molecule has 0 radical (unpaired) electrons. The number of para-hydroxylation sites is 1. The normalized spacial score (nSPS) is 11.8. The molecule has 0 spiro atoms. The molecule has 45 heavy (non-hydrogen) atoms. The number of carbonyl (C=O) groups excluding carboxylic acids is 2. The fourth-order valence-corrected chi connectivity index (χ4v) is 6.58. The Kier molecular flexibility index (Phi) is 9.66. The van der Waals surface area contributed by atoms with Crippen molar-refractivity contribution in [2.75, 3.05) is 9.62 Å². The summed E-state index contributed by atoms with van der Waals surface area (Å²) in [7, 11) is -3.94. The van der Waals surface area contributed by atoms with Crippen LogP contribution in [0, 0.1) is 6.92 Å². The monoisotopic (exact) mass is 637 g/mol. The summed E-state index contributed by atoms with van der Waals surface area (Å²) in [6.45, 7) is 3.74. The lowest BCUT2D eigenvalue weighted by atomic mass is 10.1. The summed E-state index contributed by atoms with van der Waals surface area (Å²) < 4.78 is 28.9. The van der Waals surface area contributed by atoms with E-state index in [9.17, 15) is 18.0 Å². The number of anilines is 2. The van der Waals surface area contributed by atoms with Crippen molar-refractivity contribution in [3.05, 3.63) is 160 Å². The highest BCUT2D eigenvalue weighted by molar-refractivity contribution is 7.92. The van der Waals surface area contributed by atoms with Crippen LogP contribution in [-0.4, -0.2) is 20.2 Å². The lowest BCUT2D eigenvalue weighted by Crippen LogP contribution is -2.31. The van der Waals surface area contributed by atoms with E-state index in [2.05, 4.69) is 10.6 Å². The smallest absolute Gasteiger partial charge is 0.264 e. The molecule has 0 fully saturated rings. The fourth-order valence-electron chi connectivity index (χ4n) is 4.88. The molecule has 0 unspecified atom stereocenters. The van der Waals surface area contributed by atoms with Gasteiger partial charge in [-0.15, -0.1) is 0 Å². The van der Waals surface area contributed by atoms with Gasteiger partial charge in [-0.25, -0.2) is 8.42 Å². The van der Waals surface area contributed by atoms with Crippen LogP contribution in [0.3, 0.4) is 0 Å². The van der Waals surface area contributed by atoms with Crippen LogP contribution in [0.15, 0.2) is 132 Å². The van der Waals surface area contributed by atoms with E-state index in [4.69, 9.17) is 11.6 Å². The lowest BCUT2D eigenvalue weighted by Gasteiger charge is -2.26. The molecule has 0 heterocycles.